The number of fused-ring (bicyclic) bond motifs is 4. The van der Waals surface area contributed by atoms with E-state index in [-0.39, 0.29) is 22.4 Å². The third-order valence-corrected chi connectivity index (χ3v) is 4.80. The maximum absolute atomic E-state index is 13.6. The van der Waals surface area contributed by atoms with E-state index in [2.05, 4.69) is 4.98 Å². The zero-order valence-corrected chi connectivity index (χ0v) is 13.3. The van der Waals surface area contributed by atoms with Crippen molar-refractivity contribution < 1.29 is 19.1 Å². The molecule has 1 aromatic heterocycles. The van der Waals surface area contributed by atoms with E-state index in [1.54, 1.807) is 30.5 Å². The van der Waals surface area contributed by atoms with Crippen molar-refractivity contribution in [3.8, 4) is 17.0 Å². The summed E-state index contributed by atoms with van der Waals surface area (Å²) in [5.74, 6) is -1.49. The molecule has 1 heterocycles. The Morgan fingerprint density at radius 1 is 0.808 bits per heavy atom. The lowest BCUT2D eigenvalue weighted by Crippen LogP contribution is -2.05. The third kappa shape index (κ3) is 1.74. The number of hydrogen-bond donors (Lipinski definition) is 1. The van der Waals surface area contributed by atoms with Crippen LogP contribution in [0, 0.1) is 5.82 Å². The average molecular weight is 343 g/mol. The van der Waals surface area contributed by atoms with Gasteiger partial charge in [-0.2, -0.15) is 0 Å². The highest BCUT2D eigenvalue weighted by Crippen LogP contribution is 2.49. The molecule has 3 aromatic rings. The van der Waals surface area contributed by atoms with Crippen LogP contribution in [0.5, 0.6) is 5.75 Å². The fraction of sp³-hybridized carbons (Fsp3) is 0. The first-order valence-corrected chi connectivity index (χ1v) is 7.99. The predicted octanol–water partition coefficient (Wildman–Crippen LogP) is 3.79. The topological polar surface area (TPSA) is 67.3 Å². The van der Waals surface area contributed by atoms with Crippen LogP contribution in [-0.2, 0) is 0 Å². The summed E-state index contributed by atoms with van der Waals surface area (Å²) >= 11 is 0. The molecule has 0 aliphatic heterocycles. The Hall–Kier alpha value is -3.60. The fourth-order valence-electron chi connectivity index (χ4n) is 3.72. The summed E-state index contributed by atoms with van der Waals surface area (Å²) in [5.41, 5.74) is 2.88. The molecule has 2 aliphatic rings. The molecule has 2 aromatic carbocycles. The van der Waals surface area contributed by atoms with Crippen LogP contribution in [0.3, 0.4) is 0 Å². The van der Waals surface area contributed by atoms with Gasteiger partial charge >= 0.3 is 0 Å². The summed E-state index contributed by atoms with van der Waals surface area (Å²) < 4.78 is 13.6. The summed E-state index contributed by atoms with van der Waals surface area (Å²) in [6.07, 6.45) is 1.59. The number of aromatic hydroxyl groups is 1. The number of halogens is 1. The number of hydrogen-bond acceptors (Lipinski definition) is 4. The number of nitrogens with zero attached hydrogens (tertiary/aromatic N) is 1. The molecule has 0 amide bonds. The number of aromatic nitrogens is 1. The van der Waals surface area contributed by atoms with Gasteiger partial charge in [0.2, 0.25) is 0 Å². The first-order valence-electron chi connectivity index (χ1n) is 7.99. The van der Waals surface area contributed by atoms with Crippen molar-refractivity contribution in [3.63, 3.8) is 0 Å². The molecule has 0 spiro atoms. The highest BCUT2D eigenvalue weighted by molar-refractivity contribution is 6.43. The third-order valence-electron chi connectivity index (χ3n) is 4.80. The molecule has 0 saturated heterocycles. The van der Waals surface area contributed by atoms with Gasteiger partial charge in [-0.05, 0) is 35.9 Å². The Labute approximate surface area is 147 Å². The molecule has 4 nitrogen and oxygen atoms in total. The number of pyridine rings is 1. The maximum Gasteiger partial charge on any atom is 0.198 e. The number of allylic oxidation sites excluding steroid dienone is 1. The lowest BCUT2D eigenvalue weighted by Gasteiger charge is -2.06. The van der Waals surface area contributed by atoms with E-state index >= 15 is 0 Å². The van der Waals surface area contributed by atoms with E-state index in [0.29, 0.717) is 28.0 Å². The van der Waals surface area contributed by atoms with Crippen molar-refractivity contribution in [3.05, 3.63) is 88.4 Å². The van der Waals surface area contributed by atoms with E-state index in [4.69, 9.17) is 0 Å². The largest absolute Gasteiger partial charge is 0.507 e. The van der Waals surface area contributed by atoms with Crippen LogP contribution in [-0.4, -0.2) is 21.7 Å². The van der Waals surface area contributed by atoms with Crippen LogP contribution in [0.2, 0.25) is 0 Å². The minimum atomic E-state index is -0.567. The molecule has 124 valence electrons. The molecule has 0 unspecified atom stereocenters. The Kier molecular flexibility index (Phi) is 2.80. The molecule has 0 radical (unpaired) electrons. The maximum atomic E-state index is 13.6. The normalized spacial score (nSPS) is 17.3. The van der Waals surface area contributed by atoms with Crippen LogP contribution in [0.1, 0.15) is 31.8 Å². The number of rotatable bonds is 0. The van der Waals surface area contributed by atoms with Crippen LogP contribution in [0.15, 0.2) is 60.3 Å². The molecule has 0 fully saturated rings. The van der Waals surface area contributed by atoms with Crippen LogP contribution in [0.4, 0.5) is 4.39 Å². The Balaban J connectivity index is 1.89. The van der Waals surface area contributed by atoms with E-state index < -0.39 is 17.4 Å². The van der Waals surface area contributed by atoms with Crippen molar-refractivity contribution in [2.24, 2.45) is 0 Å². The smallest absolute Gasteiger partial charge is 0.198 e. The van der Waals surface area contributed by atoms with E-state index in [9.17, 15) is 19.1 Å². The van der Waals surface area contributed by atoms with Gasteiger partial charge in [0.25, 0.3) is 0 Å². The summed E-state index contributed by atoms with van der Waals surface area (Å²) in [6, 6.07) is 12.0. The zero-order chi connectivity index (χ0) is 18.0. The molecule has 0 saturated carbocycles. The number of carbonyl (C=O) groups is 2. The first kappa shape index (κ1) is 14.7. The minimum absolute atomic E-state index is 0.0100. The average Bonchev–Trinajstić information content (AvgIpc) is 3.08. The van der Waals surface area contributed by atoms with Gasteiger partial charge in [0, 0.05) is 28.5 Å². The second-order valence-corrected chi connectivity index (χ2v) is 6.20. The summed E-state index contributed by atoms with van der Waals surface area (Å²) in [6.45, 7) is 0. The summed E-state index contributed by atoms with van der Waals surface area (Å²) in [7, 11) is 0. The van der Waals surface area contributed by atoms with Crippen molar-refractivity contribution in [1.82, 2.24) is 4.98 Å². The monoisotopic (exact) mass is 343 g/mol. The van der Waals surface area contributed by atoms with E-state index in [1.807, 2.05) is 0 Å². The van der Waals surface area contributed by atoms with Crippen molar-refractivity contribution >= 4 is 17.1 Å². The molecule has 26 heavy (non-hydrogen) atoms. The fourth-order valence-corrected chi connectivity index (χ4v) is 3.72. The molecule has 2 aliphatic carbocycles. The second-order valence-electron chi connectivity index (χ2n) is 6.20. The predicted molar refractivity (Wildman–Crippen MR) is 92.4 cm³/mol. The number of phenolic OH excluding ortho intramolecular Hbond substituents is 1. The van der Waals surface area contributed by atoms with Crippen molar-refractivity contribution in [1.29, 1.82) is 0 Å². The SMILES string of the molecule is O=C1/C(=C2\c3cccnc3-c3c(O)cccc32)C(=O)c2cc(F)ccc21. The second kappa shape index (κ2) is 4.95. The number of benzene rings is 2. The van der Waals surface area contributed by atoms with Gasteiger partial charge < -0.3 is 5.11 Å². The summed E-state index contributed by atoms with van der Waals surface area (Å²) in [5, 5.41) is 10.3. The van der Waals surface area contributed by atoms with Crippen LogP contribution in [0.25, 0.3) is 16.8 Å². The van der Waals surface area contributed by atoms with Crippen LogP contribution >= 0.6 is 0 Å². The number of ketones is 2. The van der Waals surface area contributed by atoms with Crippen LogP contribution < -0.4 is 0 Å². The zero-order valence-electron chi connectivity index (χ0n) is 13.3. The highest BCUT2D eigenvalue weighted by atomic mass is 19.1. The van der Waals surface area contributed by atoms with Crippen molar-refractivity contribution in [2.75, 3.05) is 0 Å². The molecule has 0 atom stereocenters. The summed E-state index contributed by atoms with van der Waals surface area (Å²) in [4.78, 5) is 30.2. The van der Waals surface area contributed by atoms with Gasteiger partial charge in [-0.3, -0.25) is 14.6 Å². The molecule has 5 rings (SSSR count). The quantitative estimate of drug-likeness (QED) is 0.390. The molecule has 0 bridgehead atoms. The van der Waals surface area contributed by atoms with Gasteiger partial charge in [0.15, 0.2) is 11.6 Å². The molecular weight excluding hydrogens is 333 g/mol. The standard InChI is InChI=1S/C21H10FNO3/c22-10-6-7-11-14(9-10)21(26)18(20(11)25)16-12-3-1-5-15(24)17(12)19-13(16)4-2-8-23-19/h1-9,24H/b18-16+. The number of phenols is 1. The Morgan fingerprint density at radius 3 is 2.42 bits per heavy atom. The van der Waals surface area contributed by atoms with Gasteiger partial charge in [-0.15, -0.1) is 0 Å². The number of carbonyl (C=O) groups excluding carboxylic acids is 2. The van der Waals surface area contributed by atoms with Gasteiger partial charge in [-0.25, -0.2) is 4.39 Å². The molecule has 1 N–H and O–H groups in total. The minimum Gasteiger partial charge on any atom is -0.507 e. The van der Waals surface area contributed by atoms with E-state index in [0.717, 1.165) is 6.07 Å². The number of Topliss-reactive ketones (excluding diaryl/α,β-unsaturated/α-hetero) is 2. The van der Waals surface area contributed by atoms with Gasteiger partial charge in [-0.1, -0.05) is 18.2 Å². The van der Waals surface area contributed by atoms with Gasteiger partial charge in [0.05, 0.1) is 16.8 Å². The Morgan fingerprint density at radius 2 is 1.58 bits per heavy atom. The molecular formula is C21H10FNO3. The Bertz CT molecular complexity index is 1190. The molecule has 5 heteroatoms. The highest BCUT2D eigenvalue weighted by Gasteiger charge is 2.40. The first-order chi connectivity index (χ1) is 12.6. The lowest BCUT2D eigenvalue weighted by atomic mass is 9.95. The lowest BCUT2D eigenvalue weighted by molar-refractivity contribution is 0.0990. The van der Waals surface area contributed by atoms with E-state index in [1.165, 1.54) is 18.2 Å². The van der Waals surface area contributed by atoms with Gasteiger partial charge in [0.1, 0.15) is 11.6 Å². The van der Waals surface area contributed by atoms with Crippen molar-refractivity contribution in [2.45, 2.75) is 0 Å².